The topological polar surface area (TPSA) is 12.0 Å². The maximum atomic E-state index is 13.3. The number of hydrogen-bond acceptors (Lipinski definition) is 1. The van der Waals surface area contributed by atoms with E-state index in [9.17, 15) is 8.78 Å². The monoisotopic (exact) mass is 339 g/mol. The highest BCUT2D eigenvalue weighted by Gasteiger charge is 2.12. The molecule has 0 amide bonds. The molecule has 0 saturated heterocycles. The van der Waals surface area contributed by atoms with E-state index < -0.39 is 11.6 Å². The second-order valence-electron chi connectivity index (χ2n) is 4.95. The van der Waals surface area contributed by atoms with Crippen molar-refractivity contribution >= 4 is 21.6 Å². The first-order valence-electron chi connectivity index (χ1n) is 6.36. The molecule has 0 spiro atoms. The lowest BCUT2D eigenvalue weighted by Gasteiger charge is -2.20. The normalized spacial score (nSPS) is 12.3. The highest BCUT2D eigenvalue weighted by molar-refractivity contribution is 9.10. The van der Waals surface area contributed by atoms with E-state index in [1.165, 1.54) is 6.07 Å². The van der Waals surface area contributed by atoms with Crippen LogP contribution in [0.15, 0.2) is 34.8 Å². The van der Waals surface area contributed by atoms with Crippen LogP contribution in [0.25, 0.3) is 0 Å². The van der Waals surface area contributed by atoms with Crippen LogP contribution >= 0.6 is 15.9 Å². The molecule has 0 bridgehead atoms. The van der Waals surface area contributed by atoms with Crippen LogP contribution in [0.2, 0.25) is 0 Å². The average Bonchev–Trinajstić information content (AvgIpc) is 2.36. The Labute approximate surface area is 126 Å². The Bertz CT molecular complexity index is 617. The van der Waals surface area contributed by atoms with Crippen molar-refractivity contribution in [3.63, 3.8) is 0 Å². The fraction of sp³-hybridized carbons (Fsp3) is 0.250. The average molecular weight is 340 g/mol. The van der Waals surface area contributed by atoms with Crippen LogP contribution in [-0.2, 0) is 0 Å². The van der Waals surface area contributed by atoms with Gasteiger partial charge in [-0.25, -0.2) is 8.78 Å². The van der Waals surface area contributed by atoms with Gasteiger partial charge in [-0.2, -0.15) is 0 Å². The van der Waals surface area contributed by atoms with Gasteiger partial charge in [-0.1, -0.05) is 22.0 Å². The standard InChI is InChI=1S/C16H16BrF2N/c1-9-6-13(17)7-10(2)16(9)20-11(3)12-4-5-14(18)15(19)8-12/h4-8,11,20H,1-3H3. The fourth-order valence-corrected chi connectivity index (χ4v) is 2.91. The maximum Gasteiger partial charge on any atom is 0.159 e. The van der Waals surface area contributed by atoms with Crippen LogP contribution in [0, 0.1) is 25.5 Å². The Morgan fingerprint density at radius 3 is 2.15 bits per heavy atom. The summed E-state index contributed by atoms with van der Waals surface area (Å²) in [5.74, 6) is -1.64. The number of halogens is 3. The number of aryl methyl sites for hydroxylation is 2. The third-order valence-corrected chi connectivity index (χ3v) is 3.76. The molecule has 1 atom stereocenters. The zero-order valence-corrected chi connectivity index (χ0v) is 13.2. The molecular weight excluding hydrogens is 324 g/mol. The minimum absolute atomic E-state index is 0.108. The summed E-state index contributed by atoms with van der Waals surface area (Å²) in [5.41, 5.74) is 3.94. The molecule has 0 aliphatic carbocycles. The van der Waals surface area contributed by atoms with Gasteiger partial charge in [-0.15, -0.1) is 0 Å². The predicted octanol–water partition coefficient (Wildman–Crippen LogP) is 5.52. The molecule has 0 heterocycles. The van der Waals surface area contributed by atoms with Crippen LogP contribution in [0.5, 0.6) is 0 Å². The van der Waals surface area contributed by atoms with E-state index in [0.29, 0.717) is 5.56 Å². The molecule has 4 heteroatoms. The van der Waals surface area contributed by atoms with Crippen molar-refractivity contribution in [2.24, 2.45) is 0 Å². The van der Waals surface area contributed by atoms with Crippen LogP contribution in [0.3, 0.4) is 0 Å². The van der Waals surface area contributed by atoms with Gasteiger partial charge >= 0.3 is 0 Å². The molecule has 0 aliphatic rings. The Balaban J connectivity index is 2.27. The predicted molar refractivity (Wildman–Crippen MR) is 82.0 cm³/mol. The highest BCUT2D eigenvalue weighted by atomic mass is 79.9. The minimum atomic E-state index is -0.822. The first-order valence-corrected chi connectivity index (χ1v) is 7.16. The summed E-state index contributed by atoms with van der Waals surface area (Å²) in [6, 6.07) is 7.92. The number of rotatable bonds is 3. The zero-order chi connectivity index (χ0) is 14.9. The first-order chi connectivity index (χ1) is 9.38. The molecule has 2 rings (SSSR count). The van der Waals surface area contributed by atoms with Gasteiger partial charge in [0.05, 0.1) is 0 Å². The Morgan fingerprint density at radius 1 is 1.00 bits per heavy atom. The molecule has 0 fully saturated rings. The molecule has 0 radical (unpaired) electrons. The van der Waals surface area contributed by atoms with E-state index in [1.807, 2.05) is 32.9 Å². The lowest BCUT2D eigenvalue weighted by molar-refractivity contribution is 0.506. The zero-order valence-electron chi connectivity index (χ0n) is 11.6. The van der Waals surface area contributed by atoms with Gasteiger partial charge in [-0.3, -0.25) is 0 Å². The van der Waals surface area contributed by atoms with Crippen LogP contribution in [0.1, 0.15) is 29.7 Å². The lowest BCUT2D eigenvalue weighted by atomic mass is 10.0. The van der Waals surface area contributed by atoms with E-state index in [1.54, 1.807) is 6.07 Å². The number of hydrogen-bond donors (Lipinski definition) is 1. The van der Waals surface area contributed by atoms with Crippen molar-refractivity contribution in [2.75, 3.05) is 5.32 Å². The summed E-state index contributed by atoms with van der Waals surface area (Å²) >= 11 is 3.46. The molecule has 2 aromatic carbocycles. The second kappa shape index (κ2) is 5.92. The van der Waals surface area contributed by atoms with Crippen molar-refractivity contribution < 1.29 is 8.78 Å². The summed E-state index contributed by atoms with van der Waals surface area (Å²) in [6.07, 6.45) is 0. The number of nitrogens with one attached hydrogen (secondary N) is 1. The van der Waals surface area contributed by atoms with Gasteiger partial charge in [-0.05, 0) is 61.7 Å². The summed E-state index contributed by atoms with van der Waals surface area (Å²) in [4.78, 5) is 0. The van der Waals surface area contributed by atoms with Crippen LogP contribution < -0.4 is 5.32 Å². The lowest BCUT2D eigenvalue weighted by Crippen LogP contribution is -2.09. The van der Waals surface area contributed by atoms with Crippen molar-refractivity contribution in [3.05, 3.63) is 63.1 Å². The minimum Gasteiger partial charge on any atom is -0.378 e. The molecular formula is C16H16BrF2N. The first kappa shape index (κ1) is 15.0. The Morgan fingerprint density at radius 2 is 1.60 bits per heavy atom. The van der Waals surface area contributed by atoms with E-state index >= 15 is 0 Å². The quantitative estimate of drug-likeness (QED) is 0.776. The SMILES string of the molecule is Cc1cc(Br)cc(C)c1NC(C)c1ccc(F)c(F)c1. The summed E-state index contributed by atoms with van der Waals surface area (Å²) in [6.45, 7) is 5.95. The second-order valence-corrected chi connectivity index (χ2v) is 5.87. The summed E-state index contributed by atoms with van der Waals surface area (Å²) in [5, 5.41) is 3.36. The molecule has 1 unspecified atom stereocenters. The van der Waals surface area contributed by atoms with E-state index in [0.717, 1.165) is 27.4 Å². The van der Waals surface area contributed by atoms with E-state index in [4.69, 9.17) is 0 Å². The van der Waals surface area contributed by atoms with Crippen LogP contribution in [-0.4, -0.2) is 0 Å². The van der Waals surface area contributed by atoms with Crippen molar-refractivity contribution in [1.82, 2.24) is 0 Å². The van der Waals surface area contributed by atoms with Gasteiger partial charge in [0, 0.05) is 16.2 Å². The molecule has 2 aromatic rings. The van der Waals surface area contributed by atoms with E-state index in [-0.39, 0.29) is 6.04 Å². The van der Waals surface area contributed by atoms with Gasteiger partial charge in [0.25, 0.3) is 0 Å². The smallest absolute Gasteiger partial charge is 0.159 e. The van der Waals surface area contributed by atoms with Crippen molar-refractivity contribution in [3.8, 4) is 0 Å². The fourth-order valence-electron chi connectivity index (χ4n) is 2.22. The van der Waals surface area contributed by atoms with Gasteiger partial charge in [0.15, 0.2) is 11.6 Å². The molecule has 20 heavy (non-hydrogen) atoms. The summed E-state index contributed by atoms with van der Waals surface area (Å²) < 4.78 is 27.3. The molecule has 1 N–H and O–H groups in total. The summed E-state index contributed by atoms with van der Waals surface area (Å²) in [7, 11) is 0. The van der Waals surface area contributed by atoms with Gasteiger partial charge in [0.2, 0.25) is 0 Å². The largest absolute Gasteiger partial charge is 0.378 e. The molecule has 0 aromatic heterocycles. The Kier molecular flexibility index (Phi) is 4.43. The molecule has 0 aliphatic heterocycles. The molecule has 1 nitrogen and oxygen atoms in total. The van der Waals surface area contributed by atoms with Gasteiger partial charge in [0.1, 0.15) is 0 Å². The number of benzene rings is 2. The third kappa shape index (κ3) is 3.18. The van der Waals surface area contributed by atoms with E-state index in [2.05, 4.69) is 21.2 Å². The maximum absolute atomic E-state index is 13.3. The molecule has 106 valence electrons. The van der Waals surface area contributed by atoms with Crippen molar-refractivity contribution in [2.45, 2.75) is 26.8 Å². The third-order valence-electron chi connectivity index (χ3n) is 3.30. The van der Waals surface area contributed by atoms with Crippen LogP contribution in [0.4, 0.5) is 14.5 Å². The van der Waals surface area contributed by atoms with Crippen molar-refractivity contribution in [1.29, 1.82) is 0 Å². The Hall–Kier alpha value is -1.42. The highest BCUT2D eigenvalue weighted by Crippen LogP contribution is 2.29. The molecule has 0 saturated carbocycles. The van der Waals surface area contributed by atoms with Gasteiger partial charge < -0.3 is 5.32 Å². The number of anilines is 1.